The molecule has 0 unspecified atom stereocenters. The van der Waals surface area contributed by atoms with Gasteiger partial charge < -0.3 is 20.1 Å². The minimum atomic E-state index is 0.230. The number of aromatic nitrogens is 4. The average Bonchev–Trinajstić information content (AvgIpc) is 3.20. The van der Waals surface area contributed by atoms with Crippen molar-refractivity contribution >= 4 is 22.9 Å². The second-order valence-electron chi connectivity index (χ2n) is 8.20. The first kappa shape index (κ1) is 22.3. The van der Waals surface area contributed by atoms with Crippen molar-refractivity contribution < 1.29 is 9.47 Å². The number of anilines is 2. The summed E-state index contributed by atoms with van der Waals surface area (Å²) in [6.07, 6.45) is 2.49. The van der Waals surface area contributed by atoms with Crippen molar-refractivity contribution in [2.24, 2.45) is 0 Å². The van der Waals surface area contributed by atoms with E-state index in [1.807, 2.05) is 12.1 Å². The lowest BCUT2D eigenvalue weighted by Gasteiger charge is -2.26. The monoisotopic (exact) mass is 439 g/mol. The number of hydrogen-bond donors (Lipinski definition) is 2. The first-order chi connectivity index (χ1) is 15.7. The Morgan fingerprint density at radius 2 is 1.84 bits per heavy atom. The fourth-order valence-electron chi connectivity index (χ4n) is 3.92. The van der Waals surface area contributed by atoms with Gasteiger partial charge in [-0.15, -0.1) is 0 Å². The highest BCUT2D eigenvalue weighted by Crippen LogP contribution is 2.26. The lowest BCUT2D eigenvalue weighted by molar-refractivity contribution is 0.0398. The van der Waals surface area contributed by atoms with Crippen molar-refractivity contribution in [2.45, 2.75) is 26.3 Å². The van der Waals surface area contributed by atoms with Crippen LogP contribution in [0.2, 0.25) is 0 Å². The maximum atomic E-state index is 5.43. The molecule has 2 N–H and O–H groups in total. The average molecular weight is 440 g/mol. The van der Waals surface area contributed by atoms with Gasteiger partial charge in [-0.1, -0.05) is 12.1 Å². The number of nitrogens with one attached hydrogen (secondary N) is 2. The zero-order valence-electron chi connectivity index (χ0n) is 19.2. The zero-order valence-corrected chi connectivity index (χ0v) is 19.2. The van der Waals surface area contributed by atoms with Crippen molar-refractivity contribution in [3.63, 3.8) is 0 Å². The van der Waals surface area contributed by atoms with Crippen LogP contribution in [0.4, 0.5) is 11.8 Å². The topological polar surface area (TPSA) is 89.4 Å². The SMILES string of the molecule is COc1ccc(CCNc2ncnc3c2nc(NCCN2CCOCC2)n3C(C)C)cc1. The first-order valence-corrected chi connectivity index (χ1v) is 11.3. The summed E-state index contributed by atoms with van der Waals surface area (Å²) in [6.45, 7) is 10.4. The summed E-state index contributed by atoms with van der Waals surface area (Å²) in [6, 6.07) is 8.36. The van der Waals surface area contributed by atoms with E-state index in [0.717, 1.165) is 81.0 Å². The van der Waals surface area contributed by atoms with Crippen molar-refractivity contribution in [1.82, 2.24) is 24.4 Å². The molecule has 2 aromatic heterocycles. The fraction of sp³-hybridized carbons (Fsp3) is 0.522. The Bertz CT molecular complexity index is 997. The summed E-state index contributed by atoms with van der Waals surface area (Å²) in [4.78, 5) is 16.3. The Labute approximate surface area is 189 Å². The third-order valence-corrected chi connectivity index (χ3v) is 5.67. The van der Waals surface area contributed by atoms with Crippen LogP contribution in [0.1, 0.15) is 25.5 Å². The number of imidazole rings is 1. The summed E-state index contributed by atoms with van der Waals surface area (Å²) >= 11 is 0. The predicted molar refractivity (Wildman–Crippen MR) is 127 cm³/mol. The molecule has 3 heterocycles. The molecule has 172 valence electrons. The Kier molecular flexibility index (Phi) is 7.39. The van der Waals surface area contributed by atoms with Crippen LogP contribution in [0.5, 0.6) is 5.75 Å². The maximum absolute atomic E-state index is 5.43. The molecule has 1 fully saturated rings. The van der Waals surface area contributed by atoms with Crippen LogP contribution in [0.3, 0.4) is 0 Å². The minimum Gasteiger partial charge on any atom is -0.497 e. The van der Waals surface area contributed by atoms with Gasteiger partial charge in [0, 0.05) is 38.8 Å². The number of hydrogen-bond acceptors (Lipinski definition) is 8. The largest absolute Gasteiger partial charge is 0.497 e. The van der Waals surface area contributed by atoms with E-state index in [4.69, 9.17) is 14.5 Å². The van der Waals surface area contributed by atoms with E-state index in [9.17, 15) is 0 Å². The van der Waals surface area contributed by atoms with Crippen LogP contribution in [0.15, 0.2) is 30.6 Å². The van der Waals surface area contributed by atoms with Gasteiger partial charge in [-0.05, 0) is 38.0 Å². The number of benzene rings is 1. The number of fused-ring (bicyclic) bond motifs is 1. The Morgan fingerprint density at radius 3 is 2.56 bits per heavy atom. The van der Waals surface area contributed by atoms with Gasteiger partial charge in [-0.3, -0.25) is 9.47 Å². The summed E-state index contributed by atoms with van der Waals surface area (Å²) in [5.74, 6) is 2.47. The molecule has 1 aliphatic rings. The number of ether oxygens (including phenoxy) is 2. The molecule has 9 nitrogen and oxygen atoms in total. The molecular weight excluding hydrogens is 406 g/mol. The first-order valence-electron chi connectivity index (χ1n) is 11.3. The van der Waals surface area contributed by atoms with Crippen molar-refractivity contribution in [1.29, 1.82) is 0 Å². The smallest absolute Gasteiger partial charge is 0.205 e. The predicted octanol–water partition coefficient (Wildman–Crippen LogP) is 2.81. The zero-order chi connectivity index (χ0) is 22.3. The van der Waals surface area contributed by atoms with Crippen LogP contribution >= 0.6 is 0 Å². The number of methoxy groups -OCH3 is 1. The maximum Gasteiger partial charge on any atom is 0.205 e. The minimum absolute atomic E-state index is 0.230. The molecule has 1 aromatic carbocycles. The highest BCUT2D eigenvalue weighted by molar-refractivity contribution is 5.85. The van der Waals surface area contributed by atoms with E-state index >= 15 is 0 Å². The van der Waals surface area contributed by atoms with Gasteiger partial charge in [-0.2, -0.15) is 0 Å². The molecule has 0 radical (unpaired) electrons. The lowest BCUT2D eigenvalue weighted by Crippen LogP contribution is -2.39. The Morgan fingerprint density at radius 1 is 1.06 bits per heavy atom. The van der Waals surface area contributed by atoms with Gasteiger partial charge in [-0.25, -0.2) is 15.0 Å². The highest BCUT2D eigenvalue weighted by atomic mass is 16.5. The standard InChI is InChI=1S/C23H33N7O2/c1-17(2)30-22-20(28-23(30)25-10-11-29-12-14-32-15-13-29)21(26-16-27-22)24-9-8-18-4-6-19(31-3)7-5-18/h4-7,16-17H,8-15H2,1-3H3,(H,25,28)(H,24,26,27). The summed E-state index contributed by atoms with van der Waals surface area (Å²) in [5, 5.41) is 6.96. The molecular formula is C23H33N7O2. The molecule has 0 bridgehead atoms. The molecule has 1 saturated heterocycles. The summed E-state index contributed by atoms with van der Waals surface area (Å²) < 4.78 is 12.8. The van der Waals surface area contributed by atoms with Gasteiger partial charge in [0.1, 0.15) is 12.1 Å². The molecule has 0 atom stereocenters. The molecule has 0 spiro atoms. The Hall–Kier alpha value is -2.91. The van der Waals surface area contributed by atoms with E-state index in [1.54, 1.807) is 13.4 Å². The van der Waals surface area contributed by atoms with E-state index in [2.05, 4.69) is 56.0 Å². The lowest BCUT2D eigenvalue weighted by atomic mass is 10.1. The van der Waals surface area contributed by atoms with E-state index in [0.29, 0.717) is 0 Å². The van der Waals surface area contributed by atoms with Gasteiger partial charge in [0.25, 0.3) is 0 Å². The van der Waals surface area contributed by atoms with Gasteiger partial charge >= 0.3 is 0 Å². The van der Waals surface area contributed by atoms with E-state index in [1.165, 1.54) is 5.56 Å². The molecule has 32 heavy (non-hydrogen) atoms. The van der Waals surface area contributed by atoms with Crippen molar-refractivity contribution in [3.8, 4) is 5.75 Å². The van der Waals surface area contributed by atoms with Crippen LogP contribution in [-0.2, 0) is 11.2 Å². The van der Waals surface area contributed by atoms with Crippen LogP contribution in [0.25, 0.3) is 11.2 Å². The van der Waals surface area contributed by atoms with Crippen molar-refractivity contribution in [3.05, 3.63) is 36.2 Å². The molecule has 9 heteroatoms. The highest BCUT2D eigenvalue weighted by Gasteiger charge is 2.18. The van der Waals surface area contributed by atoms with Crippen LogP contribution < -0.4 is 15.4 Å². The summed E-state index contributed by atoms with van der Waals surface area (Å²) in [7, 11) is 1.68. The quantitative estimate of drug-likeness (QED) is 0.499. The van der Waals surface area contributed by atoms with Crippen LogP contribution in [0, 0.1) is 0 Å². The summed E-state index contributed by atoms with van der Waals surface area (Å²) in [5.41, 5.74) is 2.88. The molecule has 4 rings (SSSR count). The second-order valence-corrected chi connectivity index (χ2v) is 8.20. The molecule has 1 aliphatic heterocycles. The fourth-order valence-corrected chi connectivity index (χ4v) is 3.92. The molecule has 0 aliphatic carbocycles. The van der Waals surface area contributed by atoms with Crippen molar-refractivity contribution in [2.75, 3.05) is 63.7 Å². The van der Waals surface area contributed by atoms with Gasteiger partial charge in [0.15, 0.2) is 17.0 Å². The van der Waals surface area contributed by atoms with Gasteiger partial charge in [0.05, 0.1) is 20.3 Å². The normalized spacial score (nSPS) is 14.8. The molecule has 0 amide bonds. The third kappa shape index (κ3) is 5.28. The molecule has 0 saturated carbocycles. The third-order valence-electron chi connectivity index (χ3n) is 5.67. The van der Waals surface area contributed by atoms with Crippen LogP contribution in [-0.4, -0.2) is 77.5 Å². The van der Waals surface area contributed by atoms with E-state index in [-0.39, 0.29) is 6.04 Å². The van der Waals surface area contributed by atoms with Gasteiger partial charge in [0.2, 0.25) is 5.95 Å². The number of rotatable bonds is 10. The van der Waals surface area contributed by atoms with E-state index < -0.39 is 0 Å². The molecule has 3 aromatic rings. The number of nitrogens with zero attached hydrogens (tertiary/aromatic N) is 5. The number of morpholine rings is 1. The Balaban J connectivity index is 1.44. The second kappa shape index (κ2) is 10.6.